The number of aromatic nitrogens is 2. The van der Waals surface area contributed by atoms with Gasteiger partial charge >= 0.3 is 0 Å². The second-order valence-corrected chi connectivity index (χ2v) is 6.84. The molecule has 1 aliphatic rings. The molecule has 27 heavy (non-hydrogen) atoms. The van der Waals surface area contributed by atoms with E-state index in [9.17, 15) is 9.18 Å². The Morgan fingerprint density at radius 3 is 2.74 bits per heavy atom. The lowest BCUT2D eigenvalue weighted by atomic mass is 10.0. The number of nitrogen functional groups attached to an aromatic ring is 1. The molecule has 140 valence electrons. The van der Waals surface area contributed by atoms with Gasteiger partial charge in [0.1, 0.15) is 5.82 Å². The SMILES string of the molecule is Cc1c(NCCNc2ccccn2)c(F)c(N)c2c(=O)ccn(C3CC3)c12. The maximum Gasteiger partial charge on any atom is 0.191 e. The highest BCUT2D eigenvalue weighted by atomic mass is 19.1. The van der Waals surface area contributed by atoms with E-state index in [1.165, 1.54) is 6.07 Å². The first kappa shape index (κ1) is 17.3. The summed E-state index contributed by atoms with van der Waals surface area (Å²) in [6.45, 7) is 2.88. The molecule has 7 heteroatoms. The van der Waals surface area contributed by atoms with Crippen LogP contribution in [0.3, 0.4) is 0 Å². The fourth-order valence-electron chi connectivity index (χ4n) is 3.43. The molecule has 6 nitrogen and oxygen atoms in total. The highest BCUT2D eigenvalue weighted by Gasteiger charge is 2.27. The van der Waals surface area contributed by atoms with Crippen molar-refractivity contribution in [1.82, 2.24) is 9.55 Å². The number of halogens is 1. The number of pyridine rings is 2. The number of nitrogens with one attached hydrogen (secondary N) is 2. The molecule has 0 radical (unpaired) electrons. The number of rotatable bonds is 6. The highest BCUT2D eigenvalue weighted by molar-refractivity contribution is 5.97. The van der Waals surface area contributed by atoms with Crippen LogP contribution in [0.4, 0.5) is 21.6 Å². The van der Waals surface area contributed by atoms with Gasteiger partial charge in [-0.1, -0.05) is 6.07 Å². The van der Waals surface area contributed by atoms with Crippen molar-refractivity contribution in [2.75, 3.05) is 29.5 Å². The number of fused-ring (bicyclic) bond motifs is 1. The van der Waals surface area contributed by atoms with Crippen LogP contribution in [-0.2, 0) is 0 Å². The maximum atomic E-state index is 14.9. The highest BCUT2D eigenvalue weighted by Crippen LogP contribution is 2.40. The molecule has 0 amide bonds. The molecule has 3 aromatic rings. The average molecular weight is 367 g/mol. The molecule has 2 heterocycles. The maximum absolute atomic E-state index is 14.9. The zero-order valence-corrected chi connectivity index (χ0v) is 15.1. The molecule has 0 saturated heterocycles. The number of anilines is 3. The van der Waals surface area contributed by atoms with Crippen LogP contribution in [0.15, 0.2) is 41.5 Å². The summed E-state index contributed by atoms with van der Waals surface area (Å²) in [4.78, 5) is 16.5. The Morgan fingerprint density at radius 2 is 2.04 bits per heavy atom. The Bertz CT molecular complexity index is 1040. The van der Waals surface area contributed by atoms with E-state index in [1.54, 1.807) is 12.4 Å². The molecule has 1 fully saturated rings. The van der Waals surface area contributed by atoms with Crippen LogP contribution in [0, 0.1) is 12.7 Å². The Balaban J connectivity index is 1.64. The minimum absolute atomic E-state index is 0.0872. The van der Waals surface area contributed by atoms with Gasteiger partial charge in [-0.2, -0.15) is 0 Å². The first-order valence-electron chi connectivity index (χ1n) is 9.09. The van der Waals surface area contributed by atoms with E-state index < -0.39 is 5.82 Å². The van der Waals surface area contributed by atoms with Crippen molar-refractivity contribution in [2.24, 2.45) is 0 Å². The lowest BCUT2D eigenvalue weighted by Gasteiger charge is -2.19. The number of benzene rings is 1. The largest absolute Gasteiger partial charge is 0.396 e. The summed E-state index contributed by atoms with van der Waals surface area (Å²) >= 11 is 0. The van der Waals surface area contributed by atoms with Gasteiger partial charge in [-0.3, -0.25) is 4.79 Å². The van der Waals surface area contributed by atoms with E-state index in [1.807, 2.05) is 25.1 Å². The van der Waals surface area contributed by atoms with E-state index in [0.29, 0.717) is 30.4 Å². The standard InChI is InChI=1S/C20H22FN5O/c1-12-19(25-10-9-24-15-4-2-3-8-23-15)17(21)18(22)16-14(27)7-11-26(20(12)16)13-5-6-13/h2-4,7-8,11,13,25H,5-6,9-10,22H2,1H3,(H,23,24). The second-order valence-electron chi connectivity index (χ2n) is 6.84. The first-order valence-corrected chi connectivity index (χ1v) is 9.09. The molecular weight excluding hydrogens is 345 g/mol. The Hall–Kier alpha value is -3.09. The van der Waals surface area contributed by atoms with Crippen molar-refractivity contribution >= 4 is 28.1 Å². The molecule has 0 aliphatic heterocycles. The van der Waals surface area contributed by atoms with Gasteiger partial charge in [0.15, 0.2) is 11.2 Å². The minimum atomic E-state index is -0.566. The molecule has 1 aliphatic carbocycles. The zero-order valence-electron chi connectivity index (χ0n) is 15.1. The van der Waals surface area contributed by atoms with Crippen LogP contribution >= 0.6 is 0 Å². The van der Waals surface area contributed by atoms with Crippen LogP contribution in [0.25, 0.3) is 10.9 Å². The summed E-state index contributed by atoms with van der Waals surface area (Å²) in [5.41, 5.74) is 7.47. The molecule has 2 aromatic heterocycles. The van der Waals surface area contributed by atoms with Gasteiger partial charge in [-0.25, -0.2) is 9.37 Å². The van der Waals surface area contributed by atoms with Crippen LogP contribution in [0.2, 0.25) is 0 Å². The van der Waals surface area contributed by atoms with Gasteiger partial charge in [0, 0.05) is 37.6 Å². The monoisotopic (exact) mass is 367 g/mol. The molecule has 0 bridgehead atoms. The van der Waals surface area contributed by atoms with Crippen molar-refractivity contribution in [3.05, 3.63) is 58.3 Å². The predicted octanol–water partition coefficient (Wildman–Crippen LogP) is 3.29. The molecule has 4 N–H and O–H groups in total. The smallest absolute Gasteiger partial charge is 0.191 e. The molecule has 1 saturated carbocycles. The van der Waals surface area contributed by atoms with E-state index in [2.05, 4.69) is 20.2 Å². The lowest BCUT2D eigenvalue weighted by Crippen LogP contribution is -2.18. The van der Waals surface area contributed by atoms with Gasteiger partial charge in [0.2, 0.25) is 0 Å². The second kappa shape index (κ2) is 6.90. The van der Waals surface area contributed by atoms with Gasteiger partial charge in [-0.05, 0) is 37.5 Å². The van der Waals surface area contributed by atoms with E-state index in [4.69, 9.17) is 5.73 Å². The van der Waals surface area contributed by atoms with Gasteiger partial charge in [0.05, 0.1) is 22.3 Å². The summed E-state index contributed by atoms with van der Waals surface area (Å²) in [6.07, 6.45) is 5.62. The Morgan fingerprint density at radius 1 is 1.26 bits per heavy atom. The van der Waals surface area contributed by atoms with Crippen molar-refractivity contribution in [2.45, 2.75) is 25.8 Å². The summed E-state index contributed by atoms with van der Waals surface area (Å²) < 4.78 is 17.0. The molecule has 4 rings (SSSR count). The summed E-state index contributed by atoms with van der Waals surface area (Å²) in [6, 6.07) is 7.44. The van der Waals surface area contributed by atoms with Crippen molar-refractivity contribution < 1.29 is 4.39 Å². The number of hydrogen-bond acceptors (Lipinski definition) is 5. The molecule has 0 unspecified atom stereocenters. The van der Waals surface area contributed by atoms with Crippen molar-refractivity contribution in [3.8, 4) is 0 Å². The minimum Gasteiger partial charge on any atom is -0.396 e. The van der Waals surface area contributed by atoms with Crippen molar-refractivity contribution in [3.63, 3.8) is 0 Å². The summed E-state index contributed by atoms with van der Waals surface area (Å²) in [7, 11) is 0. The third-order valence-corrected chi connectivity index (χ3v) is 4.92. The van der Waals surface area contributed by atoms with Crippen LogP contribution < -0.4 is 21.8 Å². The number of nitrogens with zero attached hydrogens (tertiary/aromatic N) is 2. The third kappa shape index (κ3) is 3.20. The van der Waals surface area contributed by atoms with Crippen LogP contribution in [0.1, 0.15) is 24.4 Å². The third-order valence-electron chi connectivity index (χ3n) is 4.92. The number of hydrogen-bond donors (Lipinski definition) is 3. The topological polar surface area (TPSA) is 85.0 Å². The van der Waals surface area contributed by atoms with Crippen LogP contribution in [-0.4, -0.2) is 22.6 Å². The normalized spacial score (nSPS) is 13.7. The lowest BCUT2D eigenvalue weighted by molar-refractivity contribution is 0.634. The van der Waals surface area contributed by atoms with Crippen molar-refractivity contribution in [1.29, 1.82) is 0 Å². The number of aryl methyl sites for hydroxylation is 1. The number of nitrogens with two attached hydrogens (primary N) is 1. The fourth-order valence-corrected chi connectivity index (χ4v) is 3.43. The van der Waals surface area contributed by atoms with E-state index in [0.717, 1.165) is 24.2 Å². The van der Waals surface area contributed by atoms with Crippen LogP contribution in [0.5, 0.6) is 0 Å². The van der Waals surface area contributed by atoms with E-state index in [-0.39, 0.29) is 16.5 Å². The van der Waals surface area contributed by atoms with Gasteiger partial charge < -0.3 is 20.9 Å². The quantitative estimate of drug-likeness (QED) is 0.460. The van der Waals surface area contributed by atoms with Gasteiger partial charge in [-0.15, -0.1) is 0 Å². The summed E-state index contributed by atoms with van der Waals surface area (Å²) in [5, 5.41) is 6.58. The summed E-state index contributed by atoms with van der Waals surface area (Å²) in [5.74, 6) is 0.195. The average Bonchev–Trinajstić information content (AvgIpc) is 3.51. The molecule has 0 spiro atoms. The molecule has 0 atom stereocenters. The van der Waals surface area contributed by atoms with E-state index >= 15 is 0 Å². The Kier molecular flexibility index (Phi) is 4.43. The molecule has 1 aromatic carbocycles. The molecular formula is C20H22FN5O. The first-order chi connectivity index (χ1) is 13.1. The Labute approximate surface area is 156 Å². The zero-order chi connectivity index (χ0) is 19.0. The van der Waals surface area contributed by atoms with Gasteiger partial charge in [0.25, 0.3) is 0 Å². The predicted molar refractivity (Wildman–Crippen MR) is 107 cm³/mol. The fraction of sp³-hybridized carbons (Fsp3) is 0.300.